The molecule has 0 bridgehead atoms. The van der Waals surface area contributed by atoms with Crippen molar-refractivity contribution in [1.29, 1.82) is 0 Å². The highest BCUT2D eigenvalue weighted by Gasteiger charge is 2.64. The molecule has 4 aliphatic carbocycles. The Morgan fingerprint density at radius 1 is 1.12 bits per heavy atom. The molecule has 182 valence electrons. The third-order valence-corrected chi connectivity index (χ3v) is 11.5. The van der Waals surface area contributed by atoms with E-state index in [2.05, 4.69) is 38.8 Å². The van der Waals surface area contributed by atoms with Crippen LogP contribution in [0.2, 0.25) is 0 Å². The van der Waals surface area contributed by atoms with Crippen molar-refractivity contribution in [3.05, 3.63) is 11.6 Å². The normalized spacial score (nSPS) is 52.5. The first kappa shape index (κ1) is 23.3. The summed E-state index contributed by atoms with van der Waals surface area (Å²) in [7, 11) is 2.27. The van der Waals surface area contributed by atoms with Gasteiger partial charge in [-0.05, 0) is 106 Å². The van der Waals surface area contributed by atoms with Gasteiger partial charge in [-0.1, -0.05) is 32.4 Å². The molecule has 3 saturated carbocycles. The minimum absolute atomic E-state index is 0.125. The summed E-state index contributed by atoms with van der Waals surface area (Å²) in [5.41, 5.74) is 1.58. The second-order valence-electron chi connectivity index (χ2n) is 13.0. The van der Waals surface area contributed by atoms with Crippen molar-refractivity contribution in [2.75, 3.05) is 20.2 Å². The number of likely N-dealkylation sites (tertiary alicyclic amines) is 1. The van der Waals surface area contributed by atoms with Gasteiger partial charge in [0.1, 0.15) is 0 Å². The SMILES string of the molecule is CC1CCC(C(C)C2C(O)CC3C4CC=C5CC(O)CCC5(C)C4CCC32CO)N(C)C1. The molecule has 1 saturated heterocycles. The van der Waals surface area contributed by atoms with E-state index in [-0.39, 0.29) is 35.6 Å². The molecule has 1 aliphatic heterocycles. The number of rotatable bonds is 3. The predicted molar refractivity (Wildman–Crippen MR) is 128 cm³/mol. The molecular weight excluding hydrogens is 398 g/mol. The highest BCUT2D eigenvalue weighted by molar-refractivity contribution is 5.26. The average molecular weight is 446 g/mol. The molecule has 4 heteroatoms. The summed E-state index contributed by atoms with van der Waals surface area (Å²) in [6.45, 7) is 8.56. The molecular formula is C28H47NO3. The molecule has 11 unspecified atom stereocenters. The Labute approximate surface area is 195 Å². The van der Waals surface area contributed by atoms with Crippen LogP contribution in [0.15, 0.2) is 11.6 Å². The van der Waals surface area contributed by atoms with Gasteiger partial charge in [-0.3, -0.25) is 0 Å². The van der Waals surface area contributed by atoms with Gasteiger partial charge in [-0.25, -0.2) is 0 Å². The average Bonchev–Trinajstić information content (AvgIpc) is 3.06. The maximum atomic E-state index is 11.5. The van der Waals surface area contributed by atoms with Crippen LogP contribution in [0.5, 0.6) is 0 Å². The van der Waals surface area contributed by atoms with Gasteiger partial charge in [0.15, 0.2) is 0 Å². The number of allylic oxidation sites excluding steroid dienone is 1. The number of fused-ring (bicyclic) bond motifs is 5. The molecule has 0 aromatic heterocycles. The van der Waals surface area contributed by atoms with E-state index in [1.807, 2.05) is 0 Å². The number of hydrogen-bond acceptors (Lipinski definition) is 4. The molecule has 11 atom stereocenters. The van der Waals surface area contributed by atoms with Gasteiger partial charge in [0.25, 0.3) is 0 Å². The van der Waals surface area contributed by atoms with Crippen molar-refractivity contribution in [1.82, 2.24) is 4.90 Å². The van der Waals surface area contributed by atoms with Crippen molar-refractivity contribution in [2.24, 2.45) is 46.3 Å². The molecule has 0 amide bonds. The van der Waals surface area contributed by atoms with Gasteiger partial charge in [-0.2, -0.15) is 0 Å². The van der Waals surface area contributed by atoms with Gasteiger partial charge in [-0.15, -0.1) is 0 Å². The maximum absolute atomic E-state index is 11.5. The van der Waals surface area contributed by atoms with Crippen LogP contribution < -0.4 is 0 Å². The van der Waals surface area contributed by atoms with Crippen LogP contribution in [-0.2, 0) is 0 Å². The lowest BCUT2D eigenvalue weighted by Gasteiger charge is -2.59. The van der Waals surface area contributed by atoms with E-state index < -0.39 is 0 Å². The smallest absolute Gasteiger partial charge is 0.0580 e. The lowest BCUT2D eigenvalue weighted by molar-refractivity contribution is -0.104. The molecule has 0 spiro atoms. The van der Waals surface area contributed by atoms with Crippen LogP contribution in [0.1, 0.15) is 78.6 Å². The van der Waals surface area contributed by atoms with E-state index in [0.717, 1.165) is 51.0 Å². The summed E-state index contributed by atoms with van der Waals surface area (Å²) < 4.78 is 0. The molecule has 0 radical (unpaired) electrons. The number of piperidine rings is 1. The lowest BCUT2D eigenvalue weighted by Crippen LogP contribution is -2.55. The first-order chi connectivity index (χ1) is 15.2. The Morgan fingerprint density at radius 2 is 1.91 bits per heavy atom. The largest absolute Gasteiger partial charge is 0.396 e. The highest BCUT2D eigenvalue weighted by atomic mass is 16.3. The second kappa shape index (κ2) is 8.36. The number of aliphatic hydroxyl groups excluding tert-OH is 3. The number of hydrogen-bond donors (Lipinski definition) is 3. The van der Waals surface area contributed by atoms with Crippen LogP contribution >= 0.6 is 0 Å². The van der Waals surface area contributed by atoms with Crippen molar-refractivity contribution < 1.29 is 15.3 Å². The van der Waals surface area contributed by atoms with Gasteiger partial charge < -0.3 is 20.2 Å². The topological polar surface area (TPSA) is 63.9 Å². The van der Waals surface area contributed by atoms with Gasteiger partial charge in [0.05, 0.1) is 12.2 Å². The molecule has 0 aromatic carbocycles. The van der Waals surface area contributed by atoms with Gasteiger partial charge in [0.2, 0.25) is 0 Å². The Bertz CT molecular complexity index is 738. The van der Waals surface area contributed by atoms with Crippen LogP contribution in [0.4, 0.5) is 0 Å². The molecule has 32 heavy (non-hydrogen) atoms. The zero-order chi connectivity index (χ0) is 22.8. The first-order valence-corrected chi connectivity index (χ1v) is 13.6. The lowest BCUT2D eigenvalue weighted by atomic mass is 9.46. The fraction of sp³-hybridized carbons (Fsp3) is 0.929. The Morgan fingerprint density at radius 3 is 2.62 bits per heavy atom. The molecule has 1 heterocycles. The third kappa shape index (κ3) is 3.38. The fourth-order valence-electron chi connectivity index (χ4n) is 9.97. The highest BCUT2D eigenvalue weighted by Crippen LogP contribution is 2.67. The van der Waals surface area contributed by atoms with Gasteiger partial charge >= 0.3 is 0 Å². The van der Waals surface area contributed by atoms with Crippen LogP contribution in [0, 0.1) is 46.3 Å². The monoisotopic (exact) mass is 445 g/mol. The standard InChI is InChI=1S/C28H47NO3/c1-17-5-8-24(29(4)15-17)18(2)26-25(32)14-23-21-7-6-19-13-20(31)9-11-27(19,3)22(21)10-12-28(23,26)16-30/h6,17-18,20-26,30-32H,5,7-16H2,1-4H3. The Balaban J connectivity index is 1.43. The zero-order valence-corrected chi connectivity index (χ0v) is 20.8. The van der Waals surface area contributed by atoms with E-state index in [1.54, 1.807) is 0 Å². The summed E-state index contributed by atoms with van der Waals surface area (Å²) in [5.74, 6) is 2.99. The predicted octanol–water partition coefficient (Wildman–Crippen LogP) is 4.24. The summed E-state index contributed by atoms with van der Waals surface area (Å²) in [6.07, 6.45) is 11.5. The second-order valence-corrected chi connectivity index (χ2v) is 13.0. The van der Waals surface area contributed by atoms with Gasteiger partial charge in [0, 0.05) is 24.6 Å². The van der Waals surface area contributed by atoms with Crippen molar-refractivity contribution in [2.45, 2.75) is 96.8 Å². The summed E-state index contributed by atoms with van der Waals surface area (Å²) >= 11 is 0. The first-order valence-electron chi connectivity index (χ1n) is 13.6. The van der Waals surface area contributed by atoms with Crippen LogP contribution in [0.25, 0.3) is 0 Å². The van der Waals surface area contributed by atoms with E-state index in [9.17, 15) is 15.3 Å². The maximum Gasteiger partial charge on any atom is 0.0580 e. The van der Waals surface area contributed by atoms with E-state index in [0.29, 0.717) is 29.7 Å². The Kier molecular flexibility index (Phi) is 6.09. The minimum atomic E-state index is -0.292. The van der Waals surface area contributed by atoms with Crippen LogP contribution in [0.3, 0.4) is 0 Å². The Hall–Kier alpha value is -0.420. The molecule has 4 fully saturated rings. The van der Waals surface area contributed by atoms with Crippen molar-refractivity contribution in [3.8, 4) is 0 Å². The van der Waals surface area contributed by atoms with E-state index in [4.69, 9.17) is 0 Å². The number of nitrogens with zero attached hydrogens (tertiary/aromatic N) is 1. The van der Waals surface area contributed by atoms with E-state index in [1.165, 1.54) is 24.8 Å². The van der Waals surface area contributed by atoms with Crippen molar-refractivity contribution >= 4 is 0 Å². The fourth-order valence-corrected chi connectivity index (χ4v) is 9.97. The third-order valence-electron chi connectivity index (χ3n) is 11.5. The van der Waals surface area contributed by atoms with Crippen molar-refractivity contribution in [3.63, 3.8) is 0 Å². The number of aliphatic hydroxyl groups is 3. The molecule has 5 aliphatic rings. The molecule has 3 N–H and O–H groups in total. The molecule has 4 nitrogen and oxygen atoms in total. The van der Waals surface area contributed by atoms with Crippen LogP contribution in [-0.4, -0.2) is 58.7 Å². The quantitative estimate of drug-likeness (QED) is 0.569. The zero-order valence-electron chi connectivity index (χ0n) is 20.8. The summed E-state index contributed by atoms with van der Waals surface area (Å²) in [4.78, 5) is 2.54. The van der Waals surface area contributed by atoms with E-state index >= 15 is 0 Å². The molecule has 5 rings (SSSR count). The summed E-state index contributed by atoms with van der Waals surface area (Å²) in [6, 6.07) is 0.515. The molecule has 0 aromatic rings. The summed E-state index contributed by atoms with van der Waals surface area (Å²) in [5, 5.41) is 32.7. The minimum Gasteiger partial charge on any atom is -0.396 e.